The van der Waals surface area contributed by atoms with E-state index in [4.69, 9.17) is 6.57 Å². The number of hydrogen-bond donors (Lipinski definition) is 0. The van der Waals surface area contributed by atoms with E-state index in [-0.39, 0.29) is 0 Å². The summed E-state index contributed by atoms with van der Waals surface area (Å²) in [4.78, 5) is 3.14. The van der Waals surface area contributed by atoms with Gasteiger partial charge in [0.05, 0.1) is 0 Å². The van der Waals surface area contributed by atoms with Crippen LogP contribution in [0.3, 0.4) is 0 Å². The summed E-state index contributed by atoms with van der Waals surface area (Å²) >= 11 is 0. The molecule has 0 spiro atoms. The summed E-state index contributed by atoms with van der Waals surface area (Å²) < 4.78 is 25.1. The van der Waals surface area contributed by atoms with E-state index in [1.54, 1.807) is 0 Å². The molecule has 0 unspecified atom stereocenters. The molecule has 68 valence electrons. The molecule has 1 saturated carbocycles. The smallest absolute Gasteiger partial charge is 0.304 e. The van der Waals surface area contributed by atoms with Crippen molar-refractivity contribution in [1.29, 1.82) is 0 Å². The molecule has 0 bridgehead atoms. The average molecular weight is 173 g/mol. The summed E-state index contributed by atoms with van der Waals surface area (Å²) in [5.41, 5.74) is -1.34. The molecular weight excluding hydrogens is 160 g/mol. The molecule has 1 aliphatic carbocycles. The Labute approximate surface area is 71.6 Å². The first kappa shape index (κ1) is 9.44. The van der Waals surface area contributed by atoms with Gasteiger partial charge in [-0.3, -0.25) is 0 Å². The molecular formula is C9H13F2N. The second-order valence-electron chi connectivity index (χ2n) is 3.43. The van der Waals surface area contributed by atoms with Crippen molar-refractivity contribution in [2.75, 3.05) is 0 Å². The van der Waals surface area contributed by atoms with Gasteiger partial charge in [-0.05, 0) is 12.8 Å². The van der Waals surface area contributed by atoms with Gasteiger partial charge in [0.15, 0.2) is 0 Å². The Morgan fingerprint density at radius 3 is 1.92 bits per heavy atom. The highest BCUT2D eigenvalue weighted by atomic mass is 19.3. The van der Waals surface area contributed by atoms with E-state index in [1.165, 1.54) is 0 Å². The lowest BCUT2D eigenvalue weighted by Crippen LogP contribution is -2.32. The third kappa shape index (κ3) is 1.74. The van der Waals surface area contributed by atoms with Crippen LogP contribution in [0.5, 0.6) is 0 Å². The van der Waals surface area contributed by atoms with Crippen LogP contribution < -0.4 is 0 Å². The summed E-state index contributed by atoms with van der Waals surface area (Å²) in [5.74, 6) is 0. The van der Waals surface area contributed by atoms with E-state index in [2.05, 4.69) is 4.85 Å². The maximum Gasteiger partial charge on any atom is 0.314 e. The summed E-state index contributed by atoms with van der Waals surface area (Å²) in [6.07, 6.45) is 1.88. The predicted octanol–water partition coefficient (Wildman–Crippen LogP) is 3.26. The lowest BCUT2D eigenvalue weighted by molar-refractivity contribution is 0.0665. The maximum atomic E-state index is 12.5. The van der Waals surface area contributed by atoms with Crippen molar-refractivity contribution in [2.45, 2.75) is 50.5 Å². The fourth-order valence-corrected chi connectivity index (χ4v) is 1.72. The van der Waals surface area contributed by atoms with Crippen molar-refractivity contribution in [2.24, 2.45) is 0 Å². The van der Waals surface area contributed by atoms with E-state index >= 15 is 0 Å². The average Bonchev–Trinajstić information content (AvgIpc) is 2.29. The Kier molecular flexibility index (Phi) is 3.02. The van der Waals surface area contributed by atoms with Crippen LogP contribution in [0.25, 0.3) is 4.85 Å². The Morgan fingerprint density at radius 2 is 1.58 bits per heavy atom. The number of alkyl halides is 2. The zero-order valence-corrected chi connectivity index (χ0v) is 7.02. The summed E-state index contributed by atoms with van der Waals surface area (Å²) in [6.45, 7) is 6.82. The van der Waals surface area contributed by atoms with E-state index in [1.807, 2.05) is 0 Å². The highest BCUT2D eigenvalue weighted by Gasteiger charge is 2.46. The van der Waals surface area contributed by atoms with Crippen LogP contribution >= 0.6 is 0 Å². The number of hydrogen-bond acceptors (Lipinski definition) is 0. The number of halogens is 2. The molecule has 12 heavy (non-hydrogen) atoms. The first-order valence-electron chi connectivity index (χ1n) is 4.38. The van der Waals surface area contributed by atoms with Crippen molar-refractivity contribution >= 4 is 0 Å². The van der Waals surface area contributed by atoms with Crippen LogP contribution in [0, 0.1) is 6.57 Å². The number of rotatable bonds is 1. The Balaban J connectivity index is 2.70. The molecule has 0 aromatic heterocycles. The van der Waals surface area contributed by atoms with Gasteiger partial charge in [0.25, 0.3) is 5.54 Å². The van der Waals surface area contributed by atoms with Gasteiger partial charge in [0, 0.05) is 12.8 Å². The van der Waals surface area contributed by atoms with Crippen LogP contribution in [0.15, 0.2) is 0 Å². The first-order chi connectivity index (χ1) is 5.71. The van der Waals surface area contributed by atoms with Gasteiger partial charge in [-0.1, -0.05) is 12.8 Å². The highest BCUT2D eigenvalue weighted by molar-refractivity contribution is 5.01. The Morgan fingerprint density at radius 1 is 1.08 bits per heavy atom. The first-order valence-corrected chi connectivity index (χ1v) is 4.38. The van der Waals surface area contributed by atoms with E-state index in [0.29, 0.717) is 12.8 Å². The summed E-state index contributed by atoms with van der Waals surface area (Å²) in [5, 5.41) is 0. The van der Waals surface area contributed by atoms with Crippen molar-refractivity contribution in [3.63, 3.8) is 0 Å². The fraction of sp³-hybridized carbons (Fsp3) is 0.889. The molecule has 0 amide bonds. The van der Waals surface area contributed by atoms with E-state index in [0.717, 1.165) is 25.7 Å². The van der Waals surface area contributed by atoms with Crippen molar-refractivity contribution in [1.82, 2.24) is 0 Å². The maximum absolute atomic E-state index is 12.5. The largest absolute Gasteiger partial charge is 0.314 e. The van der Waals surface area contributed by atoms with Gasteiger partial charge in [0.1, 0.15) is 0 Å². The van der Waals surface area contributed by atoms with Crippen LogP contribution in [-0.2, 0) is 0 Å². The van der Waals surface area contributed by atoms with E-state index < -0.39 is 12.0 Å². The second-order valence-corrected chi connectivity index (χ2v) is 3.43. The topological polar surface area (TPSA) is 4.36 Å². The van der Waals surface area contributed by atoms with Crippen molar-refractivity contribution < 1.29 is 8.78 Å². The third-order valence-corrected chi connectivity index (χ3v) is 2.60. The molecule has 3 heteroatoms. The quantitative estimate of drug-likeness (QED) is 0.423. The highest BCUT2D eigenvalue weighted by Crippen LogP contribution is 2.35. The van der Waals surface area contributed by atoms with Gasteiger partial charge in [-0.25, -0.2) is 15.4 Å². The summed E-state index contributed by atoms with van der Waals surface area (Å²) in [7, 11) is 0. The van der Waals surface area contributed by atoms with Gasteiger partial charge < -0.3 is 4.85 Å². The second kappa shape index (κ2) is 3.84. The predicted molar refractivity (Wildman–Crippen MR) is 43.0 cm³/mol. The molecule has 1 nitrogen and oxygen atoms in total. The van der Waals surface area contributed by atoms with E-state index in [9.17, 15) is 8.78 Å². The lowest BCUT2D eigenvalue weighted by atomic mass is 9.92. The standard InChI is InChI=1S/C9H13F2N/c1-12-9(8(10)11)6-4-2-3-5-7-9/h8H,2-7H2. The summed E-state index contributed by atoms with van der Waals surface area (Å²) in [6, 6.07) is 0. The van der Waals surface area contributed by atoms with Gasteiger partial charge in [0.2, 0.25) is 0 Å². The van der Waals surface area contributed by atoms with Gasteiger partial charge >= 0.3 is 6.43 Å². The minimum absolute atomic E-state index is 0.383. The van der Waals surface area contributed by atoms with Crippen molar-refractivity contribution in [3.05, 3.63) is 11.4 Å². The fourth-order valence-electron chi connectivity index (χ4n) is 1.72. The molecule has 1 fully saturated rings. The van der Waals surface area contributed by atoms with Crippen LogP contribution in [0.4, 0.5) is 8.78 Å². The van der Waals surface area contributed by atoms with Crippen LogP contribution in [-0.4, -0.2) is 12.0 Å². The van der Waals surface area contributed by atoms with Gasteiger partial charge in [-0.2, -0.15) is 0 Å². The number of nitrogens with zero attached hydrogens (tertiary/aromatic N) is 1. The zero-order chi connectivity index (χ0) is 9.03. The zero-order valence-electron chi connectivity index (χ0n) is 7.02. The Bertz CT molecular complexity index is 175. The molecule has 0 aliphatic heterocycles. The molecule has 0 N–H and O–H groups in total. The molecule has 0 aromatic carbocycles. The molecule has 1 rings (SSSR count). The monoisotopic (exact) mass is 173 g/mol. The molecule has 0 heterocycles. The lowest BCUT2D eigenvalue weighted by Gasteiger charge is -2.18. The molecule has 1 aliphatic rings. The minimum Gasteiger partial charge on any atom is -0.304 e. The third-order valence-electron chi connectivity index (χ3n) is 2.60. The minimum atomic E-state index is -2.46. The molecule has 0 radical (unpaired) electrons. The van der Waals surface area contributed by atoms with Crippen LogP contribution in [0.2, 0.25) is 0 Å². The molecule has 0 aromatic rings. The normalized spacial score (nSPS) is 23.2. The van der Waals surface area contributed by atoms with Gasteiger partial charge in [-0.15, -0.1) is 0 Å². The van der Waals surface area contributed by atoms with Crippen molar-refractivity contribution in [3.8, 4) is 0 Å². The van der Waals surface area contributed by atoms with Crippen LogP contribution in [0.1, 0.15) is 38.5 Å². The SMILES string of the molecule is [C-]#[N+]C1(C(F)F)CCCCCC1. The molecule has 0 atom stereocenters. The molecule has 0 saturated heterocycles. The Hall–Kier alpha value is -0.650.